The molecule has 0 aromatic rings. The fourth-order valence-corrected chi connectivity index (χ4v) is 5.33. The molecule has 2 fully saturated rings. The number of carboxylic acid groups (broad SMARTS) is 1. The lowest BCUT2D eigenvalue weighted by Crippen LogP contribution is -2.40. The largest absolute Gasteiger partial charge is 0.481 e. The SMILES string of the molecule is CC1CCC(C(=O)OC(CC(C)C(C)C)C2CCC(C(C)C)CC2)C(C(=O)O)C1. The molecule has 2 saturated carbocycles. The van der Waals surface area contributed by atoms with Gasteiger partial charge in [-0.05, 0) is 86.9 Å². The van der Waals surface area contributed by atoms with Crippen molar-refractivity contribution in [3.8, 4) is 0 Å². The van der Waals surface area contributed by atoms with Gasteiger partial charge in [0.05, 0.1) is 11.8 Å². The fraction of sp³-hybridized carbons (Fsp3) is 0.920. The molecule has 5 unspecified atom stereocenters. The van der Waals surface area contributed by atoms with Gasteiger partial charge in [0.2, 0.25) is 0 Å². The predicted molar refractivity (Wildman–Crippen MR) is 116 cm³/mol. The Labute approximate surface area is 178 Å². The lowest BCUT2D eigenvalue weighted by atomic mass is 9.73. The summed E-state index contributed by atoms with van der Waals surface area (Å²) in [6.45, 7) is 13.4. The van der Waals surface area contributed by atoms with Gasteiger partial charge in [0.15, 0.2) is 0 Å². The van der Waals surface area contributed by atoms with Gasteiger partial charge in [0.25, 0.3) is 0 Å². The number of carbonyl (C=O) groups excluding carboxylic acids is 1. The van der Waals surface area contributed by atoms with Gasteiger partial charge in [-0.1, -0.05) is 41.5 Å². The minimum Gasteiger partial charge on any atom is -0.481 e. The lowest BCUT2D eigenvalue weighted by molar-refractivity contribution is -0.168. The van der Waals surface area contributed by atoms with Gasteiger partial charge in [-0.3, -0.25) is 9.59 Å². The number of esters is 1. The van der Waals surface area contributed by atoms with Crippen LogP contribution in [0.1, 0.15) is 92.9 Å². The molecule has 2 aliphatic rings. The molecule has 0 aromatic carbocycles. The number of ether oxygens (including phenoxy) is 1. The second-order valence-electron chi connectivity index (χ2n) is 10.8. The Kier molecular flexibility index (Phi) is 9.03. The average Bonchev–Trinajstić information content (AvgIpc) is 2.67. The van der Waals surface area contributed by atoms with Crippen LogP contribution in [0.4, 0.5) is 0 Å². The van der Waals surface area contributed by atoms with E-state index in [1.165, 1.54) is 12.8 Å². The number of aliphatic carboxylic acids is 1. The first-order valence-corrected chi connectivity index (χ1v) is 12.0. The van der Waals surface area contributed by atoms with Crippen LogP contribution in [-0.2, 0) is 14.3 Å². The van der Waals surface area contributed by atoms with Crippen LogP contribution in [0.15, 0.2) is 0 Å². The van der Waals surface area contributed by atoms with Crippen molar-refractivity contribution in [2.45, 2.75) is 99.0 Å². The molecule has 2 aliphatic carbocycles. The number of carbonyl (C=O) groups is 2. The maximum Gasteiger partial charge on any atom is 0.310 e. The second-order valence-corrected chi connectivity index (χ2v) is 10.8. The molecule has 0 aliphatic heterocycles. The third-order valence-corrected chi connectivity index (χ3v) is 8.03. The van der Waals surface area contributed by atoms with Crippen molar-refractivity contribution in [3.05, 3.63) is 0 Å². The molecule has 0 bridgehead atoms. The maximum absolute atomic E-state index is 13.1. The van der Waals surface area contributed by atoms with Crippen molar-refractivity contribution < 1.29 is 19.4 Å². The first kappa shape index (κ1) is 24.2. The summed E-state index contributed by atoms with van der Waals surface area (Å²) < 4.78 is 6.16. The molecule has 168 valence electrons. The Morgan fingerprint density at radius 3 is 2.00 bits per heavy atom. The highest BCUT2D eigenvalue weighted by Gasteiger charge is 2.41. The molecule has 0 amide bonds. The molecule has 0 saturated heterocycles. The Morgan fingerprint density at radius 2 is 1.48 bits per heavy atom. The first-order valence-electron chi connectivity index (χ1n) is 12.0. The van der Waals surface area contributed by atoms with E-state index in [0.717, 1.165) is 31.6 Å². The number of hydrogen-bond donors (Lipinski definition) is 1. The lowest BCUT2D eigenvalue weighted by Gasteiger charge is -2.38. The maximum atomic E-state index is 13.1. The van der Waals surface area contributed by atoms with Crippen LogP contribution in [0.5, 0.6) is 0 Å². The van der Waals surface area contributed by atoms with E-state index in [2.05, 4.69) is 41.5 Å². The molecular formula is C25H44O4. The Balaban J connectivity index is 2.08. The van der Waals surface area contributed by atoms with Crippen molar-refractivity contribution in [2.75, 3.05) is 0 Å². The molecule has 29 heavy (non-hydrogen) atoms. The van der Waals surface area contributed by atoms with E-state index in [1.54, 1.807) is 0 Å². The zero-order valence-corrected chi connectivity index (χ0v) is 19.5. The standard InChI is InChI=1S/C25H44O4/c1-15(2)18(6)14-23(20-10-8-19(9-11-20)16(3)4)29-25(28)21-12-7-17(5)13-22(21)24(26)27/h15-23H,7-14H2,1-6H3,(H,26,27). The van der Waals surface area contributed by atoms with Gasteiger partial charge in [0.1, 0.15) is 6.10 Å². The average molecular weight is 409 g/mol. The van der Waals surface area contributed by atoms with Crippen LogP contribution in [0.2, 0.25) is 0 Å². The van der Waals surface area contributed by atoms with Crippen molar-refractivity contribution in [3.63, 3.8) is 0 Å². The first-order chi connectivity index (χ1) is 13.6. The van der Waals surface area contributed by atoms with Crippen LogP contribution in [-0.4, -0.2) is 23.1 Å². The van der Waals surface area contributed by atoms with Gasteiger partial charge < -0.3 is 9.84 Å². The quantitative estimate of drug-likeness (QED) is 0.487. The molecule has 5 atom stereocenters. The summed E-state index contributed by atoms with van der Waals surface area (Å²) in [5, 5.41) is 9.65. The van der Waals surface area contributed by atoms with Crippen LogP contribution in [0, 0.1) is 47.3 Å². The zero-order chi connectivity index (χ0) is 21.7. The van der Waals surface area contributed by atoms with E-state index >= 15 is 0 Å². The van der Waals surface area contributed by atoms with Crippen LogP contribution < -0.4 is 0 Å². The summed E-state index contributed by atoms with van der Waals surface area (Å²) in [7, 11) is 0. The third-order valence-electron chi connectivity index (χ3n) is 8.03. The minimum atomic E-state index is -0.844. The van der Waals surface area contributed by atoms with Crippen molar-refractivity contribution >= 4 is 11.9 Å². The highest BCUT2D eigenvalue weighted by Crippen LogP contribution is 2.40. The Hall–Kier alpha value is -1.06. The number of hydrogen-bond acceptors (Lipinski definition) is 3. The van der Waals surface area contributed by atoms with E-state index in [4.69, 9.17) is 4.74 Å². The topological polar surface area (TPSA) is 63.6 Å². The summed E-state index contributed by atoms with van der Waals surface area (Å²) in [5.74, 6) is 1.14. The monoisotopic (exact) mass is 408 g/mol. The summed E-state index contributed by atoms with van der Waals surface area (Å²) >= 11 is 0. The molecule has 4 heteroatoms. The van der Waals surface area contributed by atoms with Gasteiger partial charge in [-0.25, -0.2) is 0 Å². The van der Waals surface area contributed by atoms with Gasteiger partial charge in [-0.15, -0.1) is 0 Å². The summed E-state index contributed by atoms with van der Waals surface area (Å²) in [4.78, 5) is 24.9. The van der Waals surface area contributed by atoms with E-state index in [9.17, 15) is 14.7 Å². The third kappa shape index (κ3) is 6.72. The molecule has 0 spiro atoms. The van der Waals surface area contributed by atoms with Gasteiger partial charge in [0, 0.05) is 0 Å². The Bertz CT molecular complexity index is 533. The van der Waals surface area contributed by atoms with Gasteiger partial charge >= 0.3 is 11.9 Å². The summed E-state index contributed by atoms with van der Waals surface area (Å²) in [5.41, 5.74) is 0. The van der Waals surface area contributed by atoms with Crippen LogP contribution in [0.3, 0.4) is 0 Å². The van der Waals surface area contributed by atoms with Crippen molar-refractivity contribution in [1.82, 2.24) is 0 Å². The summed E-state index contributed by atoms with van der Waals surface area (Å²) in [6.07, 6.45) is 7.63. The molecule has 2 rings (SSSR count). The molecular weight excluding hydrogens is 364 g/mol. The Morgan fingerprint density at radius 1 is 0.897 bits per heavy atom. The second kappa shape index (κ2) is 10.8. The molecule has 0 heterocycles. The van der Waals surface area contributed by atoms with Crippen LogP contribution in [0.25, 0.3) is 0 Å². The predicted octanol–water partition coefficient (Wildman–Crippen LogP) is 6.18. The van der Waals surface area contributed by atoms with E-state index < -0.39 is 17.8 Å². The van der Waals surface area contributed by atoms with Crippen LogP contribution >= 0.6 is 0 Å². The van der Waals surface area contributed by atoms with Crippen molar-refractivity contribution in [2.24, 2.45) is 47.3 Å². The molecule has 4 nitrogen and oxygen atoms in total. The highest BCUT2D eigenvalue weighted by molar-refractivity contribution is 5.81. The molecule has 0 radical (unpaired) electrons. The normalized spacial score (nSPS) is 32.8. The van der Waals surface area contributed by atoms with E-state index in [-0.39, 0.29) is 12.1 Å². The fourth-order valence-electron chi connectivity index (χ4n) is 5.33. The molecule has 0 aromatic heterocycles. The molecule has 1 N–H and O–H groups in total. The number of rotatable bonds is 8. The van der Waals surface area contributed by atoms with E-state index in [1.807, 2.05) is 0 Å². The zero-order valence-electron chi connectivity index (χ0n) is 19.5. The minimum absolute atomic E-state index is 0.0678. The summed E-state index contributed by atoms with van der Waals surface area (Å²) in [6, 6.07) is 0. The van der Waals surface area contributed by atoms with E-state index in [0.29, 0.717) is 42.4 Å². The number of carboxylic acids is 1. The van der Waals surface area contributed by atoms with Gasteiger partial charge in [-0.2, -0.15) is 0 Å². The highest BCUT2D eigenvalue weighted by atomic mass is 16.5. The van der Waals surface area contributed by atoms with Crippen molar-refractivity contribution in [1.29, 1.82) is 0 Å². The smallest absolute Gasteiger partial charge is 0.310 e.